The summed E-state index contributed by atoms with van der Waals surface area (Å²) in [7, 11) is 0. The highest BCUT2D eigenvalue weighted by molar-refractivity contribution is 9.10. The van der Waals surface area contributed by atoms with Gasteiger partial charge in [-0.2, -0.15) is 0 Å². The van der Waals surface area contributed by atoms with E-state index in [-0.39, 0.29) is 24.2 Å². The molecule has 1 rings (SSSR count). The fourth-order valence-corrected chi connectivity index (χ4v) is 2.05. The second kappa shape index (κ2) is 6.85. The molecule has 1 unspecified atom stereocenters. The van der Waals surface area contributed by atoms with Crippen LogP contribution in [0, 0.1) is 17.7 Å². The molecule has 1 aromatic carbocycles. The van der Waals surface area contributed by atoms with Gasteiger partial charge in [0.2, 0.25) is 5.91 Å². The van der Waals surface area contributed by atoms with Crippen molar-refractivity contribution in [2.24, 2.45) is 17.6 Å². The molecule has 0 aliphatic rings. The van der Waals surface area contributed by atoms with Crippen molar-refractivity contribution in [1.29, 1.82) is 0 Å². The van der Waals surface area contributed by atoms with Gasteiger partial charge in [-0.15, -0.1) is 0 Å². The maximum atomic E-state index is 13.1. The van der Waals surface area contributed by atoms with Gasteiger partial charge in [-0.1, -0.05) is 13.8 Å². The number of hydrogen-bond acceptors (Lipinski definition) is 2. The molecule has 0 aliphatic carbocycles. The zero-order chi connectivity index (χ0) is 13.7. The molecule has 0 spiro atoms. The summed E-state index contributed by atoms with van der Waals surface area (Å²) >= 11 is 3.27. The largest absolute Gasteiger partial charge is 0.330 e. The lowest BCUT2D eigenvalue weighted by Gasteiger charge is -2.17. The Morgan fingerprint density at radius 2 is 2.17 bits per heavy atom. The van der Waals surface area contributed by atoms with E-state index in [1.54, 1.807) is 6.07 Å². The SMILES string of the molecule is CC(C)CC(CN)C(=O)Nc1cc(F)ccc1Br. The number of nitrogens with two attached hydrogens (primary N) is 1. The standard InChI is InChI=1S/C13H18BrFN2O/c1-8(2)5-9(7-16)13(18)17-12-6-10(15)3-4-11(12)14/h3-4,6,8-9H,5,7,16H2,1-2H3,(H,17,18). The van der Waals surface area contributed by atoms with E-state index in [9.17, 15) is 9.18 Å². The Kier molecular flexibility index (Phi) is 5.75. The third kappa shape index (κ3) is 4.38. The summed E-state index contributed by atoms with van der Waals surface area (Å²) in [5.74, 6) is -0.417. The number of amides is 1. The first-order valence-electron chi connectivity index (χ1n) is 5.90. The Morgan fingerprint density at radius 1 is 1.50 bits per heavy atom. The third-order valence-electron chi connectivity index (χ3n) is 2.60. The van der Waals surface area contributed by atoms with Crippen molar-refractivity contribution in [1.82, 2.24) is 0 Å². The maximum absolute atomic E-state index is 13.1. The minimum atomic E-state index is -0.387. The lowest BCUT2D eigenvalue weighted by molar-refractivity contribution is -0.120. The van der Waals surface area contributed by atoms with Gasteiger partial charge >= 0.3 is 0 Å². The van der Waals surface area contributed by atoms with Crippen LogP contribution in [0.5, 0.6) is 0 Å². The van der Waals surface area contributed by atoms with Crippen LogP contribution in [0.4, 0.5) is 10.1 Å². The minimum absolute atomic E-state index is 0.169. The summed E-state index contributed by atoms with van der Waals surface area (Å²) in [6.07, 6.45) is 0.718. The number of hydrogen-bond donors (Lipinski definition) is 2. The molecular weight excluding hydrogens is 299 g/mol. The number of benzene rings is 1. The van der Waals surface area contributed by atoms with Gasteiger partial charge in [0.15, 0.2) is 0 Å². The maximum Gasteiger partial charge on any atom is 0.228 e. The van der Waals surface area contributed by atoms with E-state index in [1.807, 2.05) is 13.8 Å². The first kappa shape index (κ1) is 15.1. The minimum Gasteiger partial charge on any atom is -0.330 e. The van der Waals surface area contributed by atoms with Crippen LogP contribution in [0.1, 0.15) is 20.3 Å². The van der Waals surface area contributed by atoms with Gasteiger partial charge in [0.05, 0.1) is 11.6 Å². The topological polar surface area (TPSA) is 55.1 Å². The number of nitrogens with one attached hydrogen (secondary N) is 1. The summed E-state index contributed by atoms with van der Waals surface area (Å²) in [6.45, 7) is 4.36. The van der Waals surface area contributed by atoms with E-state index in [1.165, 1.54) is 12.1 Å². The third-order valence-corrected chi connectivity index (χ3v) is 3.29. The molecule has 18 heavy (non-hydrogen) atoms. The molecule has 0 aliphatic heterocycles. The smallest absolute Gasteiger partial charge is 0.228 e. The van der Waals surface area contributed by atoms with E-state index < -0.39 is 0 Å². The van der Waals surface area contributed by atoms with Crippen molar-refractivity contribution in [3.8, 4) is 0 Å². The van der Waals surface area contributed by atoms with Gasteiger partial charge in [0.25, 0.3) is 0 Å². The quantitative estimate of drug-likeness (QED) is 0.876. The van der Waals surface area contributed by atoms with Crippen molar-refractivity contribution in [2.75, 3.05) is 11.9 Å². The van der Waals surface area contributed by atoms with Crippen LogP contribution in [-0.2, 0) is 4.79 Å². The van der Waals surface area contributed by atoms with E-state index >= 15 is 0 Å². The predicted octanol–water partition coefficient (Wildman–Crippen LogP) is 3.15. The summed E-state index contributed by atoms with van der Waals surface area (Å²) in [5, 5.41) is 2.70. The van der Waals surface area contributed by atoms with Crippen molar-refractivity contribution in [3.63, 3.8) is 0 Å². The van der Waals surface area contributed by atoms with Gasteiger partial charge < -0.3 is 11.1 Å². The number of carbonyl (C=O) groups excluding carboxylic acids is 1. The van der Waals surface area contributed by atoms with Crippen LogP contribution >= 0.6 is 15.9 Å². The molecule has 0 bridgehead atoms. The van der Waals surface area contributed by atoms with Crippen LogP contribution < -0.4 is 11.1 Å². The Hall–Kier alpha value is -0.940. The van der Waals surface area contributed by atoms with Crippen molar-refractivity contribution >= 4 is 27.5 Å². The molecule has 3 N–H and O–H groups in total. The van der Waals surface area contributed by atoms with Crippen molar-refractivity contribution in [3.05, 3.63) is 28.5 Å². The molecule has 1 atom stereocenters. The Bertz CT molecular complexity index is 423. The van der Waals surface area contributed by atoms with Crippen LogP contribution in [0.3, 0.4) is 0 Å². The molecule has 5 heteroatoms. The van der Waals surface area contributed by atoms with Gasteiger partial charge in [-0.05, 0) is 46.5 Å². The van der Waals surface area contributed by atoms with Crippen LogP contribution in [0.25, 0.3) is 0 Å². The lowest BCUT2D eigenvalue weighted by atomic mass is 9.96. The Labute approximate surface area is 115 Å². The van der Waals surface area contributed by atoms with Gasteiger partial charge in [0.1, 0.15) is 5.82 Å². The number of rotatable bonds is 5. The second-order valence-corrected chi connectivity index (χ2v) is 5.53. The fourth-order valence-electron chi connectivity index (χ4n) is 1.71. The number of anilines is 1. The zero-order valence-electron chi connectivity index (χ0n) is 10.5. The van der Waals surface area contributed by atoms with E-state index in [0.29, 0.717) is 16.1 Å². The highest BCUT2D eigenvalue weighted by atomic mass is 79.9. The Morgan fingerprint density at radius 3 is 2.72 bits per heavy atom. The van der Waals surface area contributed by atoms with Gasteiger partial charge in [0, 0.05) is 11.0 Å². The zero-order valence-corrected chi connectivity index (χ0v) is 12.1. The molecule has 3 nitrogen and oxygen atoms in total. The number of carbonyl (C=O) groups is 1. The average Bonchev–Trinajstić information content (AvgIpc) is 2.30. The van der Waals surface area contributed by atoms with Crippen LogP contribution in [0.2, 0.25) is 0 Å². The second-order valence-electron chi connectivity index (χ2n) is 4.68. The first-order chi connectivity index (χ1) is 8.43. The molecule has 0 fully saturated rings. The molecule has 0 heterocycles. The first-order valence-corrected chi connectivity index (χ1v) is 6.69. The summed E-state index contributed by atoms with van der Waals surface area (Å²) in [5.41, 5.74) is 6.03. The normalized spacial score (nSPS) is 12.6. The average molecular weight is 317 g/mol. The highest BCUT2D eigenvalue weighted by Crippen LogP contribution is 2.24. The van der Waals surface area contributed by atoms with Crippen molar-refractivity contribution < 1.29 is 9.18 Å². The predicted molar refractivity (Wildman–Crippen MR) is 74.7 cm³/mol. The van der Waals surface area contributed by atoms with E-state index in [0.717, 1.165) is 6.42 Å². The van der Waals surface area contributed by atoms with Crippen LogP contribution in [0.15, 0.2) is 22.7 Å². The molecule has 1 amide bonds. The summed E-state index contributed by atoms with van der Waals surface area (Å²) in [4.78, 5) is 12.0. The highest BCUT2D eigenvalue weighted by Gasteiger charge is 2.19. The molecular formula is C13H18BrFN2O. The molecule has 0 saturated heterocycles. The summed E-state index contributed by atoms with van der Waals surface area (Å²) in [6, 6.07) is 4.17. The molecule has 0 aromatic heterocycles. The van der Waals surface area contributed by atoms with Gasteiger partial charge in [-0.25, -0.2) is 4.39 Å². The van der Waals surface area contributed by atoms with E-state index in [2.05, 4.69) is 21.2 Å². The Balaban J connectivity index is 2.76. The molecule has 0 saturated carbocycles. The fraction of sp³-hybridized carbons (Fsp3) is 0.462. The van der Waals surface area contributed by atoms with E-state index in [4.69, 9.17) is 5.73 Å². The number of halogens is 2. The lowest BCUT2D eigenvalue weighted by Crippen LogP contribution is -2.30. The molecule has 1 aromatic rings. The summed E-state index contributed by atoms with van der Waals surface area (Å²) < 4.78 is 13.7. The monoisotopic (exact) mass is 316 g/mol. The van der Waals surface area contributed by atoms with Crippen LogP contribution in [-0.4, -0.2) is 12.5 Å². The van der Waals surface area contributed by atoms with Gasteiger partial charge in [-0.3, -0.25) is 4.79 Å². The molecule has 0 radical (unpaired) electrons. The molecule has 100 valence electrons. The van der Waals surface area contributed by atoms with Crippen molar-refractivity contribution in [2.45, 2.75) is 20.3 Å².